The SMILES string of the molecule is O=C(NCCc1ccc(-c2ccoc2)s1)c1ccc2ncsc2c1. The molecule has 0 unspecified atom stereocenters. The number of hydrogen-bond acceptors (Lipinski definition) is 5. The van der Waals surface area contributed by atoms with Crippen LogP contribution < -0.4 is 5.32 Å². The number of benzene rings is 1. The molecule has 0 saturated heterocycles. The van der Waals surface area contributed by atoms with E-state index in [1.807, 2.05) is 24.3 Å². The van der Waals surface area contributed by atoms with Crippen LogP contribution in [0.15, 0.2) is 58.9 Å². The van der Waals surface area contributed by atoms with Crippen molar-refractivity contribution in [3.05, 3.63) is 64.9 Å². The van der Waals surface area contributed by atoms with Gasteiger partial charge < -0.3 is 9.73 Å². The zero-order chi connectivity index (χ0) is 16.4. The third-order valence-corrected chi connectivity index (χ3v) is 5.70. The maximum atomic E-state index is 12.3. The first-order valence-corrected chi connectivity index (χ1v) is 9.22. The Morgan fingerprint density at radius 2 is 2.17 bits per heavy atom. The lowest BCUT2D eigenvalue weighted by molar-refractivity contribution is 0.0954. The molecule has 24 heavy (non-hydrogen) atoms. The molecule has 0 aliphatic rings. The molecule has 0 fully saturated rings. The number of thiophene rings is 1. The van der Waals surface area contributed by atoms with Crippen LogP contribution in [0.1, 0.15) is 15.2 Å². The number of aromatic nitrogens is 1. The van der Waals surface area contributed by atoms with E-state index in [1.54, 1.807) is 40.7 Å². The van der Waals surface area contributed by atoms with Crippen LogP contribution in [0.3, 0.4) is 0 Å². The number of nitrogens with one attached hydrogen (secondary N) is 1. The van der Waals surface area contributed by atoms with Gasteiger partial charge in [0.1, 0.15) is 0 Å². The number of furan rings is 1. The van der Waals surface area contributed by atoms with E-state index in [9.17, 15) is 4.79 Å². The minimum Gasteiger partial charge on any atom is -0.472 e. The Morgan fingerprint density at radius 3 is 3.04 bits per heavy atom. The highest BCUT2D eigenvalue weighted by atomic mass is 32.1. The molecule has 0 bridgehead atoms. The molecular weight excluding hydrogens is 340 g/mol. The van der Waals surface area contributed by atoms with E-state index < -0.39 is 0 Å². The lowest BCUT2D eigenvalue weighted by Crippen LogP contribution is -2.25. The fraction of sp³-hybridized carbons (Fsp3) is 0.111. The van der Waals surface area contributed by atoms with Crippen molar-refractivity contribution >= 4 is 38.8 Å². The zero-order valence-corrected chi connectivity index (χ0v) is 14.3. The monoisotopic (exact) mass is 354 g/mol. The van der Waals surface area contributed by atoms with E-state index >= 15 is 0 Å². The molecule has 120 valence electrons. The highest BCUT2D eigenvalue weighted by molar-refractivity contribution is 7.16. The van der Waals surface area contributed by atoms with E-state index in [0.717, 1.165) is 22.2 Å². The van der Waals surface area contributed by atoms with E-state index in [0.29, 0.717) is 12.1 Å². The second-order valence-corrected chi connectivity index (χ2v) is 7.37. The standard InChI is InChI=1S/C18H14N2O2S2/c21-18(12-1-3-15-17(9-12)23-11-20-15)19-7-5-14-2-4-16(24-14)13-6-8-22-10-13/h1-4,6,8-11H,5,7H2,(H,19,21). The zero-order valence-electron chi connectivity index (χ0n) is 12.7. The van der Waals surface area contributed by atoms with Gasteiger partial charge in [0.2, 0.25) is 0 Å². The summed E-state index contributed by atoms with van der Waals surface area (Å²) in [6.45, 7) is 0.616. The van der Waals surface area contributed by atoms with E-state index in [1.165, 1.54) is 9.75 Å². The van der Waals surface area contributed by atoms with Crippen LogP contribution in [0.4, 0.5) is 0 Å². The molecule has 0 saturated carbocycles. The minimum absolute atomic E-state index is 0.0445. The molecule has 0 aliphatic heterocycles. The molecule has 1 aromatic carbocycles. The molecule has 4 rings (SSSR count). The quantitative estimate of drug-likeness (QED) is 0.570. The Morgan fingerprint density at radius 1 is 1.21 bits per heavy atom. The molecule has 0 aliphatic carbocycles. The lowest BCUT2D eigenvalue weighted by Gasteiger charge is -2.04. The molecule has 1 N–H and O–H groups in total. The average molecular weight is 354 g/mol. The van der Waals surface area contributed by atoms with Crippen molar-refractivity contribution in [2.24, 2.45) is 0 Å². The normalized spacial score (nSPS) is 11.0. The summed E-state index contributed by atoms with van der Waals surface area (Å²) < 4.78 is 6.14. The van der Waals surface area contributed by atoms with Crippen LogP contribution in [-0.2, 0) is 6.42 Å². The summed E-state index contributed by atoms with van der Waals surface area (Å²) in [6.07, 6.45) is 4.24. The summed E-state index contributed by atoms with van der Waals surface area (Å²) in [5.41, 5.74) is 4.49. The van der Waals surface area contributed by atoms with Crippen LogP contribution in [-0.4, -0.2) is 17.4 Å². The molecule has 4 aromatic rings. The van der Waals surface area contributed by atoms with Crippen molar-refractivity contribution in [3.63, 3.8) is 0 Å². The molecule has 0 radical (unpaired) electrons. The average Bonchev–Trinajstić information content (AvgIpc) is 3.34. The number of rotatable bonds is 5. The van der Waals surface area contributed by atoms with Gasteiger partial charge in [-0.1, -0.05) is 0 Å². The summed E-state index contributed by atoms with van der Waals surface area (Å²) in [7, 11) is 0. The molecule has 3 aromatic heterocycles. The first kappa shape index (κ1) is 15.1. The molecular formula is C18H14N2O2S2. The smallest absolute Gasteiger partial charge is 0.251 e. The van der Waals surface area contributed by atoms with E-state index in [2.05, 4.69) is 22.4 Å². The summed E-state index contributed by atoms with van der Waals surface area (Å²) >= 11 is 3.27. The van der Waals surface area contributed by atoms with Crippen molar-refractivity contribution in [2.45, 2.75) is 6.42 Å². The largest absolute Gasteiger partial charge is 0.472 e. The van der Waals surface area contributed by atoms with Gasteiger partial charge in [-0.3, -0.25) is 4.79 Å². The van der Waals surface area contributed by atoms with Gasteiger partial charge in [0.25, 0.3) is 5.91 Å². The Balaban J connectivity index is 1.36. The minimum atomic E-state index is -0.0445. The summed E-state index contributed by atoms with van der Waals surface area (Å²) in [5, 5.41) is 2.98. The molecule has 6 heteroatoms. The molecule has 3 heterocycles. The van der Waals surface area contributed by atoms with Crippen LogP contribution in [0.2, 0.25) is 0 Å². The predicted octanol–water partition coefficient (Wildman–Crippen LogP) is 4.59. The van der Waals surface area contributed by atoms with Crippen molar-refractivity contribution in [3.8, 4) is 10.4 Å². The topological polar surface area (TPSA) is 55.1 Å². The maximum Gasteiger partial charge on any atom is 0.251 e. The predicted molar refractivity (Wildman–Crippen MR) is 97.7 cm³/mol. The van der Waals surface area contributed by atoms with Gasteiger partial charge in [0.05, 0.1) is 28.3 Å². The van der Waals surface area contributed by atoms with Crippen LogP contribution in [0.5, 0.6) is 0 Å². The van der Waals surface area contributed by atoms with Gasteiger partial charge in [-0.25, -0.2) is 4.98 Å². The van der Waals surface area contributed by atoms with Gasteiger partial charge in [-0.15, -0.1) is 22.7 Å². The Labute approximate surface area is 146 Å². The first-order valence-electron chi connectivity index (χ1n) is 7.52. The summed E-state index contributed by atoms with van der Waals surface area (Å²) in [5.74, 6) is -0.0445. The third kappa shape index (κ3) is 3.11. The molecule has 0 atom stereocenters. The number of fused-ring (bicyclic) bond motifs is 1. The second kappa shape index (κ2) is 6.59. The number of nitrogens with zero attached hydrogens (tertiary/aromatic N) is 1. The van der Waals surface area contributed by atoms with Gasteiger partial charge in [-0.2, -0.15) is 0 Å². The third-order valence-electron chi connectivity index (χ3n) is 3.72. The molecule has 0 spiro atoms. The van der Waals surface area contributed by atoms with Crippen molar-refractivity contribution in [1.29, 1.82) is 0 Å². The van der Waals surface area contributed by atoms with Gasteiger partial charge in [-0.05, 0) is 42.8 Å². The Bertz CT molecular complexity index is 970. The molecule has 1 amide bonds. The van der Waals surface area contributed by atoms with Crippen LogP contribution >= 0.6 is 22.7 Å². The second-order valence-electron chi connectivity index (χ2n) is 5.32. The van der Waals surface area contributed by atoms with Crippen molar-refractivity contribution in [1.82, 2.24) is 10.3 Å². The van der Waals surface area contributed by atoms with Gasteiger partial charge in [0, 0.05) is 27.4 Å². The summed E-state index contributed by atoms with van der Waals surface area (Å²) in [4.78, 5) is 18.9. The van der Waals surface area contributed by atoms with Gasteiger partial charge >= 0.3 is 0 Å². The lowest BCUT2D eigenvalue weighted by atomic mass is 10.2. The fourth-order valence-electron chi connectivity index (χ4n) is 2.47. The van der Waals surface area contributed by atoms with Gasteiger partial charge in [0.15, 0.2) is 0 Å². The number of hydrogen-bond donors (Lipinski definition) is 1. The fourth-order valence-corrected chi connectivity index (χ4v) is 4.18. The van der Waals surface area contributed by atoms with Crippen LogP contribution in [0.25, 0.3) is 20.7 Å². The maximum absolute atomic E-state index is 12.3. The number of thiazole rings is 1. The van der Waals surface area contributed by atoms with E-state index in [4.69, 9.17) is 4.42 Å². The van der Waals surface area contributed by atoms with Crippen molar-refractivity contribution < 1.29 is 9.21 Å². The molecule has 4 nitrogen and oxygen atoms in total. The Kier molecular flexibility index (Phi) is 4.15. The highest BCUT2D eigenvalue weighted by Gasteiger charge is 2.08. The van der Waals surface area contributed by atoms with E-state index in [-0.39, 0.29) is 5.91 Å². The first-order chi connectivity index (χ1) is 11.8. The summed E-state index contributed by atoms with van der Waals surface area (Å²) in [6, 6.07) is 11.7. The number of amides is 1. The Hall–Kier alpha value is -2.44. The van der Waals surface area contributed by atoms with Crippen LogP contribution in [0, 0.1) is 0 Å². The number of carbonyl (C=O) groups is 1. The highest BCUT2D eigenvalue weighted by Crippen LogP contribution is 2.28. The number of carbonyl (C=O) groups excluding carboxylic acids is 1. The van der Waals surface area contributed by atoms with Crippen molar-refractivity contribution in [2.75, 3.05) is 6.54 Å².